The second kappa shape index (κ2) is 16.7. The molecule has 0 saturated carbocycles. The van der Waals surface area contributed by atoms with Gasteiger partial charge in [0.1, 0.15) is 22.6 Å². The van der Waals surface area contributed by atoms with E-state index in [4.69, 9.17) is 18.9 Å². The molecule has 1 N–H and O–H groups in total. The number of rotatable bonds is 15. The molecule has 0 bridgehead atoms. The van der Waals surface area contributed by atoms with Gasteiger partial charge in [-0.2, -0.15) is 0 Å². The lowest BCUT2D eigenvalue weighted by Crippen LogP contribution is -3.17. The number of methoxy groups -OCH3 is 3. The van der Waals surface area contributed by atoms with E-state index in [1.54, 1.807) is 21.3 Å². The minimum absolute atomic E-state index is 0.00539. The summed E-state index contributed by atoms with van der Waals surface area (Å²) in [6.45, 7) is 10.7. The van der Waals surface area contributed by atoms with Gasteiger partial charge in [0.05, 0.1) is 38.4 Å². The third kappa shape index (κ3) is 7.64. The fourth-order valence-corrected chi connectivity index (χ4v) is 9.81. The fourth-order valence-electron chi connectivity index (χ4n) is 7.65. The Balaban J connectivity index is 1.11. The van der Waals surface area contributed by atoms with Crippen LogP contribution in [0.5, 0.6) is 23.0 Å². The molecule has 3 aromatic rings. The number of unbranched alkanes of at least 4 members (excludes halogenated alkanes) is 1. The first-order valence-corrected chi connectivity index (χ1v) is 18.8. The van der Waals surface area contributed by atoms with Crippen molar-refractivity contribution in [3.63, 3.8) is 0 Å². The molecule has 4 unspecified atom stereocenters. The highest BCUT2D eigenvalue weighted by atomic mass is 32.2. The molecule has 2 aliphatic rings. The molecule has 2 heterocycles. The van der Waals surface area contributed by atoms with E-state index in [0.717, 1.165) is 74.3 Å². The zero-order valence-corrected chi connectivity index (χ0v) is 31.1. The number of likely N-dealkylation sites (N-methyl/N-ethyl adjacent to an activating group) is 1. The van der Waals surface area contributed by atoms with Crippen LogP contribution in [0.3, 0.4) is 0 Å². The predicted molar refractivity (Wildman–Crippen MR) is 195 cm³/mol. The lowest BCUT2D eigenvalue weighted by Gasteiger charge is -2.51. The summed E-state index contributed by atoms with van der Waals surface area (Å²) in [4.78, 5) is 4.65. The molecule has 0 aromatic heterocycles. The summed E-state index contributed by atoms with van der Waals surface area (Å²) in [5, 5.41) is 14.1. The van der Waals surface area contributed by atoms with Crippen molar-refractivity contribution in [1.29, 1.82) is 0 Å². The average molecular weight is 694 g/mol. The van der Waals surface area contributed by atoms with E-state index in [2.05, 4.69) is 16.8 Å². The minimum atomic E-state index is -1.54. The van der Waals surface area contributed by atoms with Gasteiger partial charge in [-0.1, -0.05) is 44.2 Å². The first kappa shape index (κ1) is 37.1. The highest BCUT2D eigenvalue weighted by molar-refractivity contribution is 7.86. The van der Waals surface area contributed by atoms with Crippen molar-refractivity contribution < 1.29 is 28.2 Å². The monoisotopic (exact) mass is 693 g/mol. The Morgan fingerprint density at radius 3 is 2.27 bits per heavy atom. The predicted octanol–water partition coefficient (Wildman–Crippen LogP) is 5.58. The molecule has 2 aliphatic heterocycles. The molecule has 0 amide bonds. The maximum atomic E-state index is 14.3. The van der Waals surface area contributed by atoms with Crippen LogP contribution in [0.4, 0.5) is 0 Å². The number of piperidine rings is 1. The summed E-state index contributed by atoms with van der Waals surface area (Å²) in [5.41, 5.74) is 2.78. The molecule has 4 atom stereocenters. The van der Waals surface area contributed by atoms with Crippen LogP contribution >= 0.6 is 0 Å². The highest BCUT2D eigenvalue weighted by Crippen LogP contribution is 2.44. The Labute approximate surface area is 295 Å². The van der Waals surface area contributed by atoms with E-state index in [1.807, 2.05) is 81.4 Å². The summed E-state index contributed by atoms with van der Waals surface area (Å²) in [6, 6.07) is 19.7. The van der Waals surface area contributed by atoms with Gasteiger partial charge in [-0.15, -0.1) is 0 Å². The Morgan fingerprint density at radius 2 is 1.61 bits per heavy atom. The maximum Gasteiger partial charge on any atom is 0.209 e. The van der Waals surface area contributed by atoms with E-state index < -0.39 is 15.7 Å². The van der Waals surface area contributed by atoms with Gasteiger partial charge >= 0.3 is 0 Å². The van der Waals surface area contributed by atoms with Crippen molar-refractivity contribution in [3.05, 3.63) is 82.6 Å². The van der Waals surface area contributed by atoms with Crippen LogP contribution in [-0.4, -0.2) is 81.2 Å². The Bertz CT molecular complexity index is 1540. The van der Waals surface area contributed by atoms with Crippen LogP contribution in [0.25, 0.3) is 0 Å². The average Bonchev–Trinajstić information content (AvgIpc) is 3.13. The second-order valence-corrected chi connectivity index (χ2v) is 15.3. The third-order valence-electron chi connectivity index (χ3n) is 10.5. The summed E-state index contributed by atoms with van der Waals surface area (Å²) in [6.07, 6.45) is 5.16. The fraction of sp³-hybridized carbons (Fsp3) is 0.538. The van der Waals surface area contributed by atoms with Gasteiger partial charge in [0.2, 0.25) is 10.6 Å². The van der Waals surface area contributed by atoms with E-state index in [1.165, 1.54) is 5.56 Å². The van der Waals surface area contributed by atoms with Crippen molar-refractivity contribution >= 4 is 10.8 Å². The number of nitrogens with zero attached hydrogens (tertiary/aromatic N) is 2. The van der Waals surface area contributed by atoms with Crippen molar-refractivity contribution in [2.75, 3.05) is 61.2 Å². The van der Waals surface area contributed by atoms with Crippen LogP contribution in [0.2, 0.25) is 0 Å². The molecule has 9 nitrogen and oxygen atoms in total. The maximum absolute atomic E-state index is 14.3. The topological polar surface area (TPSA) is 88.0 Å². The first-order valence-electron chi connectivity index (χ1n) is 17.7. The number of hydrogen-bond acceptors (Lipinski definition) is 8. The summed E-state index contributed by atoms with van der Waals surface area (Å²) < 4.78 is 37.2. The molecular weight excluding hydrogens is 639 g/mol. The van der Waals surface area contributed by atoms with Crippen molar-refractivity contribution in [1.82, 2.24) is 9.80 Å². The molecule has 5 rings (SSSR count). The number of ether oxygens (including phenoxy) is 4. The zero-order valence-electron chi connectivity index (χ0n) is 30.3. The Kier molecular flexibility index (Phi) is 12.7. The Hall–Kier alpha value is -3.15. The number of nitrogens with one attached hydrogen (secondary N) is 1. The number of benzene rings is 3. The van der Waals surface area contributed by atoms with E-state index in [9.17, 15) is 9.42 Å². The van der Waals surface area contributed by atoms with E-state index >= 15 is 0 Å². The number of hydroxylamine groups is 2. The van der Waals surface area contributed by atoms with Crippen LogP contribution in [0.15, 0.2) is 65.6 Å². The van der Waals surface area contributed by atoms with Gasteiger partial charge in [0, 0.05) is 24.1 Å². The van der Waals surface area contributed by atoms with Crippen LogP contribution in [0, 0.1) is 11.1 Å². The van der Waals surface area contributed by atoms with Gasteiger partial charge in [0.15, 0.2) is 11.5 Å². The van der Waals surface area contributed by atoms with E-state index in [-0.39, 0.29) is 17.0 Å². The molecular formula is C39H55N3O6S. The number of para-hydroxylation sites is 1. The standard InChI is InChI=1S/C39H55N3O6S/c1-28(2)39(42(43)29(3)32-14-8-11-17-37(32)49(39)44)33-15-9-10-16-34(33)48-25-13-12-21-41-23-19-31(20-24-41)40(4)22-18-30-26-35(45-5)38(47-7)36(27-30)46-6/h8-11,14-17,26-29,31,42H,12-13,18-25H2,1-7H3. The van der Waals surface area contributed by atoms with Gasteiger partial charge in [-0.25, -0.2) is 4.21 Å². The smallest absolute Gasteiger partial charge is 0.209 e. The summed E-state index contributed by atoms with van der Waals surface area (Å²) >= 11 is 0. The normalized spacial score (nSPS) is 23.0. The van der Waals surface area contributed by atoms with Gasteiger partial charge < -0.3 is 39.0 Å². The molecule has 268 valence electrons. The Morgan fingerprint density at radius 1 is 0.959 bits per heavy atom. The lowest BCUT2D eigenvalue weighted by atomic mass is 9.91. The first-order chi connectivity index (χ1) is 23.7. The molecule has 0 spiro atoms. The number of fused-ring (bicyclic) bond motifs is 1. The largest absolute Gasteiger partial charge is 0.633 e. The molecule has 10 heteroatoms. The molecule has 0 aliphatic carbocycles. The van der Waals surface area contributed by atoms with Crippen LogP contribution in [-0.2, 0) is 22.1 Å². The van der Waals surface area contributed by atoms with Gasteiger partial charge in [-0.05, 0) is 102 Å². The number of quaternary nitrogens is 1. The lowest BCUT2D eigenvalue weighted by molar-refractivity contribution is -0.930. The second-order valence-electron chi connectivity index (χ2n) is 13.7. The van der Waals surface area contributed by atoms with Crippen molar-refractivity contribution in [2.45, 2.75) is 74.7 Å². The third-order valence-corrected chi connectivity index (χ3v) is 12.8. The number of likely N-dealkylation sites (tertiary alicyclic amines) is 1. The van der Waals surface area contributed by atoms with E-state index in [0.29, 0.717) is 35.6 Å². The molecule has 0 radical (unpaired) electrons. The highest BCUT2D eigenvalue weighted by Gasteiger charge is 2.55. The molecule has 1 saturated heterocycles. The van der Waals surface area contributed by atoms with Crippen LogP contribution < -0.4 is 24.0 Å². The van der Waals surface area contributed by atoms with Crippen molar-refractivity contribution in [2.24, 2.45) is 5.92 Å². The van der Waals surface area contributed by atoms with Crippen LogP contribution in [0.1, 0.15) is 69.2 Å². The molecule has 1 fully saturated rings. The number of hydrogen-bond donors (Lipinski definition) is 1. The molecule has 49 heavy (non-hydrogen) atoms. The quantitative estimate of drug-likeness (QED) is 0.163. The van der Waals surface area contributed by atoms with Gasteiger partial charge in [-0.3, -0.25) is 0 Å². The summed E-state index contributed by atoms with van der Waals surface area (Å²) in [5.74, 6) is 2.51. The zero-order chi connectivity index (χ0) is 35.1. The SMILES string of the molecule is COc1cc(CCN(C)C2CCN(CCCCOc3ccccc3C3(C(C)C)[NH+]([O-])C(C)c4ccccc4S3=O)CC2)cc(OC)c1OC. The minimum Gasteiger partial charge on any atom is -0.633 e. The van der Waals surface area contributed by atoms with Gasteiger partial charge in [0.25, 0.3) is 0 Å². The van der Waals surface area contributed by atoms with Crippen molar-refractivity contribution in [3.8, 4) is 23.0 Å². The molecule has 3 aromatic carbocycles. The summed E-state index contributed by atoms with van der Waals surface area (Å²) in [7, 11) is 5.62.